The second-order valence-electron chi connectivity index (χ2n) is 6.21. The fraction of sp³-hybridized carbons (Fsp3) is 0.167. The molecule has 3 aromatic rings. The molecule has 0 unspecified atom stereocenters. The number of hydrogen-bond acceptors (Lipinski definition) is 8. The number of amides is 1. The maximum atomic E-state index is 12.3. The van der Waals surface area contributed by atoms with Gasteiger partial charge in [-0.15, -0.1) is 5.10 Å². The summed E-state index contributed by atoms with van der Waals surface area (Å²) in [7, 11) is -6.96. The highest BCUT2D eigenvalue weighted by Crippen LogP contribution is 2.17. The van der Waals surface area contributed by atoms with Gasteiger partial charge in [0.05, 0.1) is 16.2 Å². The average Bonchev–Trinajstić information content (AvgIpc) is 3.08. The molecule has 152 valence electrons. The molecule has 0 saturated carbocycles. The highest BCUT2D eigenvalue weighted by Gasteiger charge is 2.20. The van der Waals surface area contributed by atoms with Gasteiger partial charge in [0.2, 0.25) is 11.8 Å². The third-order valence-electron chi connectivity index (χ3n) is 3.85. The second kappa shape index (κ2) is 8.13. The predicted octanol–water partition coefficient (Wildman–Crippen LogP) is 1.63. The van der Waals surface area contributed by atoms with Crippen molar-refractivity contribution in [2.45, 2.75) is 22.0 Å². The third-order valence-corrected chi connectivity index (χ3v) is 6.59. The van der Waals surface area contributed by atoms with Crippen LogP contribution in [0, 0.1) is 0 Å². The average molecular weight is 435 g/mol. The van der Waals surface area contributed by atoms with Crippen molar-refractivity contribution >= 4 is 31.6 Å². The lowest BCUT2D eigenvalue weighted by molar-refractivity contribution is -0.115. The lowest BCUT2D eigenvalue weighted by Crippen LogP contribution is -2.14. The Kier molecular flexibility index (Phi) is 5.80. The maximum Gasteiger partial charge on any atom is 0.322 e. The number of carbonyl (C=O) groups is 1. The minimum atomic E-state index is -3.65. The molecule has 1 aromatic heterocycles. The Bertz CT molecular complexity index is 1220. The minimum absolute atomic E-state index is 0.0515. The Hall–Kier alpha value is -3.05. The molecule has 29 heavy (non-hydrogen) atoms. The van der Waals surface area contributed by atoms with E-state index < -0.39 is 31.3 Å². The van der Waals surface area contributed by atoms with E-state index in [-0.39, 0.29) is 28.1 Å². The van der Waals surface area contributed by atoms with Crippen molar-refractivity contribution in [3.8, 4) is 0 Å². The zero-order valence-corrected chi connectivity index (χ0v) is 16.9. The van der Waals surface area contributed by atoms with Crippen molar-refractivity contribution in [3.63, 3.8) is 0 Å². The van der Waals surface area contributed by atoms with E-state index in [4.69, 9.17) is 4.42 Å². The Morgan fingerprint density at radius 3 is 2.21 bits per heavy atom. The van der Waals surface area contributed by atoms with Gasteiger partial charge in [0, 0.05) is 6.26 Å². The number of hydrogen-bond donors (Lipinski definition) is 1. The van der Waals surface area contributed by atoms with Crippen molar-refractivity contribution in [2.24, 2.45) is 0 Å². The molecular formula is C18H17N3O6S2. The Balaban J connectivity index is 1.62. The zero-order chi connectivity index (χ0) is 21.1. The molecule has 0 saturated heterocycles. The Labute approximate surface area is 167 Å². The molecular weight excluding hydrogens is 418 g/mol. The maximum absolute atomic E-state index is 12.3. The Morgan fingerprint density at radius 1 is 0.931 bits per heavy atom. The minimum Gasteiger partial charge on any atom is -0.407 e. The molecule has 0 spiro atoms. The van der Waals surface area contributed by atoms with E-state index in [9.17, 15) is 21.6 Å². The van der Waals surface area contributed by atoms with Gasteiger partial charge in [0.15, 0.2) is 19.7 Å². The van der Waals surface area contributed by atoms with Crippen molar-refractivity contribution in [1.29, 1.82) is 0 Å². The summed E-state index contributed by atoms with van der Waals surface area (Å²) in [6, 6.07) is 13.5. The van der Waals surface area contributed by atoms with Crippen molar-refractivity contribution < 1.29 is 26.0 Å². The van der Waals surface area contributed by atoms with Crippen LogP contribution in [0.2, 0.25) is 0 Å². The first-order valence-electron chi connectivity index (χ1n) is 8.32. The summed E-state index contributed by atoms with van der Waals surface area (Å²) in [6.45, 7) is 0. The van der Waals surface area contributed by atoms with Crippen LogP contribution in [-0.4, -0.2) is 39.2 Å². The third kappa shape index (κ3) is 5.48. The smallest absolute Gasteiger partial charge is 0.322 e. The number of carbonyl (C=O) groups excluding carboxylic acids is 1. The molecule has 0 atom stereocenters. The summed E-state index contributed by atoms with van der Waals surface area (Å²) < 4.78 is 52.7. The molecule has 1 heterocycles. The number of aromatic nitrogens is 2. The summed E-state index contributed by atoms with van der Waals surface area (Å²) in [5.41, 5.74) is 0.585. The molecule has 0 radical (unpaired) electrons. The fourth-order valence-corrected chi connectivity index (χ4v) is 4.25. The van der Waals surface area contributed by atoms with Crippen LogP contribution in [0.25, 0.3) is 0 Å². The number of rotatable bonds is 7. The molecule has 9 nitrogen and oxygen atoms in total. The highest BCUT2D eigenvalue weighted by molar-refractivity contribution is 7.91. The van der Waals surface area contributed by atoms with Gasteiger partial charge < -0.3 is 4.42 Å². The monoisotopic (exact) mass is 435 g/mol. The van der Waals surface area contributed by atoms with Gasteiger partial charge in [0.25, 0.3) is 0 Å². The molecule has 3 rings (SSSR count). The number of benzene rings is 2. The van der Waals surface area contributed by atoms with Crippen molar-refractivity contribution in [3.05, 3.63) is 66.1 Å². The van der Waals surface area contributed by atoms with E-state index >= 15 is 0 Å². The van der Waals surface area contributed by atoms with Crippen LogP contribution in [0.1, 0.15) is 11.5 Å². The quantitative estimate of drug-likeness (QED) is 0.591. The normalized spacial score (nSPS) is 11.9. The van der Waals surface area contributed by atoms with Crippen LogP contribution in [0.5, 0.6) is 0 Å². The lowest BCUT2D eigenvalue weighted by atomic mass is 10.1. The molecule has 2 aromatic carbocycles. The SMILES string of the molecule is CS(=O)(=O)c1ccc(CC(=O)Nc2nnc(CS(=O)(=O)c3ccccc3)o2)cc1. The molecule has 0 aliphatic rings. The summed E-state index contributed by atoms with van der Waals surface area (Å²) in [5, 5.41) is 9.67. The number of nitrogens with zero attached hydrogens (tertiary/aromatic N) is 2. The molecule has 11 heteroatoms. The van der Waals surface area contributed by atoms with E-state index in [1.807, 2.05) is 0 Å². The first-order valence-corrected chi connectivity index (χ1v) is 11.9. The van der Waals surface area contributed by atoms with Gasteiger partial charge in [-0.05, 0) is 29.8 Å². The van der Waals surface area contributed by atoms with Crippen LogP contribution in [0.4, 0.5) is 6.01 Å². The van der Waals surface area contributed by atoms with Gasteiger partial charge in [0.1, 0.15) is 5.75 Å². The number of anilines is 1. The van der Waals surface area contributed by atoms with E-state index in [0.717, 1.165) is 6.26 Å². The molecule has 0 fully saturated rings. The van der Waals surface area contributed by atoms with Crippen LogP contribution in [-0.2, 0) is 36.6 Å². The topological polar surface area (TPSA) is 136 Å². The van der Waals surface area contributed by atoms with Crippen LogP contribution < -0.4 is 5.32 Å². The van der Waals surface area contributed by atoms with Gasteiger partial charge in [-0.1, -0.05) is 35.4 Å². The molecule has 0 bridgehead atoms. The fourth-order valence-electron chi connectivity index (χ4n) is 2.44. The van der Waals surface area contributed by atoms with E-state index in [2.05, 4.69) is 15.5 Å². The zero-order valence-electron chi connectivity index (χ0n) is 15.3. The Morgan fingerprint density at radius 2 is 1.59 bits per heavy atom. The van der Waals surface area contributed by atoms with Crippen LogP contribution in [0.15, 0.2) is 68.8 Å². The second-order valence-corrected chi connectivity index (χ2v) is 10.2. The number of nitrogens with one attached hydrogen (secondary N) is 1. The van der Waals surface area contributed by atoms with E-state index in [1.54, 1.807) is 18.2 Å². The van der Waals surface area contributed by atoms with Crippen molar-refractivity contribution in [2.75, 3.05) is 11.6 Å². The lowest BCUT2D eigenvalue weighted by Gasteiger charge is -2.03. The highest BCUT2D eigenvalue weighted by atomic mass is 32.2. The van der Waals surface area contributed by atoms with Gasteiger partial charge in [-0.25, -0.2) is 16.8 Å². The molecule has 0 aliphatic carbocycles. The van der Waals surface area contributed by atoms with Gasteiger partial charge >= 0.3 is 6.01 Å². The van der Waals surface area contributed by atoms with Gasteiger partial charge in [-0.3, -0.25) is 10.1 Å². The molecule has 1 N–H and O–H groups in total. The molecule has 1 amide bonds. The standard InChI is InChI=1S/C18H17N3O6S2/c1-28(23,24)14-9-7-13(8-10-14)11-16(22)19-18-21-20-17(27-18)12-29(25,26)15-5-3-2-4-6-15/h2-10H,11-12H2,1H3,(H,19,21,22). The van der Waals surface area contributed by atoms with Crippen molar-refractivity contribution in [1.82, 2.24) is 10.2 Å². The van der Waals surface area contributed by atoms with Gasteiger partial charge in [-0.2, -0.15) is 0 Å². The largest absolute Gasteiger partial charge is 0.407 e. The first kappa shape index (κ1) is 20.7. The summed E-state index contributed by atoms with van der Waals surface area (Å²) in [6.07, 6.45) is 1.05. The van der Waals surface area contributed by atoms with E-state index in [1.165, 1.54) is 36.4 Å². The summed E-state index contributed by atoms with van der Waals surface area (Å²) >= 11 is 0. The number of sulfone groups is 2. The first-order chi connectivity index (χ1) is 13.6. The molecule has 0 aliphatic heterocycles. The van der Waals surface area contributed by atoms with Crippen LogP contribution in [0.3, 0.4) is 0 Å². The summed E-state index contributed by atoms with van der Waals surface area (Å²) in [4.78, 5) is 12.4. The summed E-state index contributed by atoms with van der Waals surface area (Å²) in [5.74, 6) is -1.12. The predicted molar refractivity (Wildman–Crippen MR) is 104 cm³/mol. The van der Waals surface area contributed by atoms with E-state index in [0.29, 0.717) is 5.56 Å². The van der Waals surface area contributed by atoms with Crippen LogP contribution >= 0.6 is 0 Å².